The van der Waals surface area contributed by atoms with E-state index in [0.29, 0.717) is 48.9 Å². The van der Waals surface area contributed by atoms with E-state index in [1.54, 1.807) is 42.5 Å². The van der Waals surface area contributed by atoms with Crippen molar-refractivity contribution in [3.8, 4) is 34.5 Å². The zero-order chi connectivity index (χ0) is 35.9. The number of ether oxygens (including phenoxy) is 2. The fourth-order valence-corrected chi connectivity index (χ4v) is 6.96. The molecule has 0 saturated heterocycles. The van der Waals surface area contributed by atoms with E-state index in [1.807, 2.05) is 12.1 Å². The lowest BCUT2D eigenvalue weighted by Crippen LogP contribution is -2.33. The molecular formula is C34H28Br4N4O8. The summed E-state index contributed by atoms with van der Waals surface area (Å²) in [6.45, 7) is 0.434. The van der Waals surface area contributed by atoms with Gasteiger partial charge in [-0.3, -0.25) is 9.59 Å². The van der Waals surface area contributed by atoms with Crippen molar-refractivity contribution in [1.82, 2.24) is 10.6 Å². The van der Waals surface area contributed by atoms with Gasteiger partial charge in [0.1, 0.15) is 22.9 Å². The molecule has 4 aliphatic rings. The van der Waals surface area contributed by atoms with Gasteiger partial charge < -0.3 is 40.7 Å². The standard InChI is InChI=1S/C34H28Br4N4O8/c35-21-9-17-1-3-27(21)49-29-15-19(11-23(37)31(29)43)6-8-40-33(45)25(41-47)13-18-2-4-28(22(36)10-18)50-30-16-20(12-24(38)32(30)44)14-26(42-48)34(46)39-7-5-17/h1-4,9-12,15-16,43-44,47-48H,5-8,13-14H2,(H,39,46)(H,40,45). The van der Waals surface area contributed by atoms with Crippen LogP contribution in [0.15, 0.2) is 88.9 Å². The van der Waals surface area contributed by atoms with E-state index in [4.69, 9.17) is 9.47 Å². The zero-order valence-electron chi connectivity index (χ0n) is 25.8. The Bertz CT molecular complexity index is 2020. The van der Waals surface area contributed by atoms with Crippen LogP contribution in [0.2, 0.25) is 0 Å². The number of phenolic OH excluding ortho intramolecular Hbond substituents is 2. The van der Waals surface area contributed by atoms with Gasteiger partial charge in [-0.05, 0) is 147 Å². The smallest absolute Gasteiger partial charge is 0.269 e. The van der Waals surface area contributed by atoms with E-state index in [-0.39, 0.29) is 64.8 Å². The van der Waals surface area contributed by atoms with E-state index >= 15 is 0 Å². The van der Waals surface area contributed by atoms with Crippen LogP contribution in [0.25, 0.3) is 0 Å². The average molecular weight is 940 g/mol. The molecule has 6 N–H and O–H groups in total. The molecule has 0 aliphatic carbocycles. The zero-order valence-corrected chi connectivity index (χ0v) is 32.2. The lowest BCUT2D eigenvalue weighted by atomic mass is 10.1. The number of phenols is 2. The molecule has 0 saturated carbocycles. The minimum Gasteiger partial charge on any atom is -0.503 e. The summed E-state index contributed by atoms with van der Waals surface area (Å²) < 4.78 is 13.8. The van der Waals surface area contributed by atoms with Crippen molar-refractivity contribution in [3.05, 3.63) is 101 Å². The molecule has 0 atom stereocenters. The van der Waals surface area contributed by atoms with E-state index in [2.05, 4.69) is 84.7 Å². The molecule has 4 aromatic rings. The number of nitrogens with one attached hydrogen (secondary N) is 2. The third-order valence-corrected chi connectivity index (χ3v) is 9.96. The van der Waals surface area contributed by atoms with Gasteiger partial charge in [0.15, 0.2) is 23.0 Å². The normalized spacial score (nSPS) is 16.2. The van der Waals surface area contributed by atoms with Gasteiger partial charge in [0.2, 0.25) is 0 Å². The fraction of sp³-hybridized carbons (Fsp3) is 0.176. The molecule has 8 rings (SSSR count). The maximum Gasteiger partial charge on any atom is 0.269 e. The molecule has 4 heterocycles. The number of amides is 2. The summed E-state index contributed by atoms with van der Waals surface area (Å²) in [7, 11) is 0. The first kappa shape index (κ1) is 37.1. The van der Waals surface area contributed by atoms with Crippen molar-refractivity contribution in [2.24, 2.45) is 10.3 Å². The third kappa shape index (κ3) is 9.15. The molecule has 12 nitrogen and oxygen atoms in total. The predicted octanol–water partition coefficient (Wildman–Crippen LogP) is 7.51. The summed E-state index contributed by atoms with van der Waals surface area (Å²) in [4.78, 5) is 25.9. The maximum atomic E-state index is 12.9. The van der Waals surface area contributed by atoms with Crippen molar-refractivity contribution in [3.63, 3.8) is 0 Å². The third-order valence-electron chi connectivity index (χ3n) is 7.52. The predicted molar refractivity (Wildman–Crippen MR) is 199 cm³/mol. The number of hydrogen-bond donors (Lipinski definition) is 6. The van der Waals surface area contributed by atoms with Crippen LogP contribution in [0.4, 0.5) is 0 Å². The van der Waals surface area contributed by atoms with Gasteiger partial charge in [0.25, 0.3) is 11.8 Å². The minimum atomic E-state index is -0.579. The maximum absolute atomic E-state index is 12.9. The largest absolute Gasteiger partial charge is 0.503 e. The van der Waals surface area contributed by atoms with Crippen LogP contribution in [0.1, 0.15) is 22.3 Å². The molecular weight excluding hydrogens is 912 g/mol. The van der Waals surface area contributed by atoms with Crippen molar-refractivity contribution in [2.75, 3.05) is 13.1 Å². The first-order valence-corrected chi connectivity index (χ1v) is 18.1. The summed E-state index contributed by atoms with van der Waals surface area (Å²) in [6.07, 6.45) is 0.733. The lowest BCUT2D eigenvalue weighted by Gasteiger charge is -2.15. The molecule has 4 aromatic carbocycles. The number of nitrogens with zero attached hydrogens (tertiary/aromatic N) is 2. The highest BCUT2D eigenvalue weighted by atomic mass is 79.9. The van der Waals surface area contributed by atoms with Gasteiger partial charge in [-0.25, -0.2) is 0 Å². The number of benzene rings is 4. The van der Waals surface area contributed by atoms with Crippen molar-refractivity contribution in [1.29, 1.82) is 0 Å². The fourth-order valence-electron chi connectivity index (χ4n) is 4.97. The Kier molecular flexibility index (Phi) is 12.4. The Morgan fingerprint density at radius 2 is 0.960 bits per heavy atom. The van der Waals surface area contributed by atoms with Gasteiger partial charge in [-0.1, -0.05) is 22.4 Å². The van der Waals surface area contributed by atoms with Crippen LogP contribution in [-0.4, -0.2) is 57.0 Å². The lowest BCUT2D eigenvalue weighted by molar-refractivity contribution is -0.115. The van der Waals surface area contributed by atoms with Crippen LogP contribution in [0.3, 0.4) is 0 Å². The van der Waals surface area contributed by atoms with Gasteiger partial charge in [0, 0.05) is 25.9 Å². The van der Waals surface area contributed by atoms with Gasteiger partial charge >= 0.3 is 0 Å². The molecule has 0 unspecified atom stereocenters. The average Bonchev–Trinajstić information content (AvgIpc) is 3.08. The number of hydrogen-bond acceptors (Lipinski definition) is 10. The molecule has 50 heavy (non-hydrogen) atoms. The molecule has 2 amide bonds. The van der Waals surface area contributed by atoms with Gasteiger partial charge in [0.05, 0.1) is 17.9 Å². The number of oxime groups is 2. The van der Waals surface area contributed by atoms with Crippen molar-refractivity contribution >= 4 is 87.0 Å². The second-order valence-electron chi connectivity index (χ2n) is 11.0. The highest BCUT2D eigenvalue weighted by molar-refractivity contribution is 9.11. The van der Waals surface area contributed by atoms with Gasteiger partial charge in [-0.2, -0.15) is 0 Å². The number of halogens is 4. The number of aromatic hydroxyl groups is 2. The summed E-state index contributed by atoms with van der Waals surface area (Å²) in [5.41, 5.74) is 2.46. The molecule has 4 aliphatic heterocycles. The van der Waals surface area contributed by atoms with E-state index in [0.717, 1.165) is 11.1 Å². The van der Waals surface area contributed by atoms with E-state index in [9.17, 15) is 30.2 Å². The van der Waals surface area contributed by atoms with E-state index in [1.165, 1.54) is 6.07 Å². The molecule has 0 radical (unpaired) electrons. The Balaban J connectivity index is 1.45. The van der Waals surface area contributed by atoms with E-state index < -0.39 is 11.8 Å². The molecule has 0 spiro atoms. The second-order valence-corrected chi connectivity index (χ2v) is 14.5. The summed E-state index contributed by atoms with van der Waals surface area (Å²) in [5.74, 6) is -0.436. The number of carbonyl (C=O) groups is 2. The van der Waals surface area contributed by atoms with Crippen LogP contribution in [0.5, 0.6) is 34.5 Å². The van der Waals surface area contributed by atoms with Crippen LogP contribution in [-0.2, 0) is 35.3 Å². The Hall–Kier alpha value is -4.12. The summed E-state index contributed by atoms with van der Waals surface area (Å²) in [5, 5.41) is 52.7. The molecule has 0 aromatic heterocycles. The number of carbonyl (C=O) groups excluding carboxylic acids is 2. The topological polar surface area (TPSA) is 182 Å². The SMILES string of the molecule is O=C1NCCc2cc(Br)c(O)c(c2)Oc2ccc(cc2Br)CCNC(=O)C(=NO)Cc2cc(Br)c(O)c(c2)Oc2ccc(cc2Br)CC1=NO. The Labute approximate surface area is 319 Å². The van der Waals surface area contributed by atoms with Crippen LogP contribution >= 0.6 is 63.7 Å². The van der Waals surface area contributed by atoms with Gasteiger partial charge in [-0.15, -0.1) is 0 Å². The molecule has 260 valence electrons. The Morgan fingerprint density at radius 1 is 0.540 bits per heavy atom. The molecule has 8 bridgehead atoms. The quantitative estimate of drug-likeness (QED) is 0.0774. The molecule has 16 heteroatoms. The highest BCUT2D eigenvalue weighted by Crippen LogP contribution is 2.42. The first-order chi connectivity index (χ1) is 23.9. The monoisotopic (exact) mass is 936 g/mol. The second kappa shape index (κ2) is 16.7. The summed E-state index contributed by atoms with van der Waals surface area (Å²) in [6, 6.07) is 16.8. The van der Waals surface area contributed by atoms with Crippen molar-refractivity contribution in [2.45, 2.75) is 25.7 Å². The van der Waals surface area contributed by atoms with Crippen LogP contribution in [0, 0.1) is 0 Å². The van der Waals surface area contributed by atoms with Crippen molar-refractivity contribution < 1.29 is 39.7 Å². The number of rotatable bonds is 0. The highest BCUT2D eigenvalue weighted by Gasteiger charge is 2.20. The van der Waals surface area contributed by atoms with Crippen LogP contribution < -0.4 is 20.1 Å². The molecule has 0 fully saturated rings. The Morgan fingerprint density at radius 3 is 1.48 bits per heavy atom. The minimum absolute atomic E-state index is 0.00472. The summed E-state index contributed by atoms with van der Waals surface area (Å²) >= 11 is 13.6. The first-order valence-electron chi connectivity index (χ1n) is 14.9.